The third-order valence-electron chi connectivity index (χ3n) is 3.21. The first-order valence-corrected chi connectivity index (χ1v) is 9.03. The highest BCUT2D eigenvalue weighted by molar-refractivity contribution is 9.10. The smallest absolute Gasteiger partial charge is 0.244 e. The summed E-state index contributed by atoms with van der Waals surface area (Å²) in [6.07, 6.45) is 1.22. The van der Waals surface area contributed by atoms with Crippen molar-refractivity contribution in [3.05, 3.63) is 26.7 Å². The van der Waals surface area contributed by atoms with Gasteiger partial charge in [0.1, 0.15) is 4.90 Å². The summed E-state index contributed by atoms with van der Waals surface area (Å²) >= 11 is 15.3. The van der Waals surface area contributed by atoms with Crippen LogP contribution in [0, 0.1) is 0 Å². The Morgan fingerprint density at radius 1 is 1.25 bits per heavy atom. The summed E-state index contributed by atoms with van der Waals surface area (Å²) < 4.78 is 33.6. The van der Waals surface area contributed by atoms with E-state index in [1.807, 2.05) is 6.92 Å². The number of ether oxygens (including phenoxy) is 1. The molecule has 0 aromatic heterocycles. The Morgan fingerprint density at radius 2 is 1.75 bits per heavy atom. The first-order valence-electron chi connectivity index (χ1n) is 6.00. The van der Waals surface area contributed by atoms with Gasteiger partial charge in [0.05, 0.1) is 10.0 Å². The molecule has 0 bridgehead atoms. The van der Waals surface area contributed by atoms with Crippen molar-refractivity contribution in [2.24, 2.45) is 0 Å². The molecule has 1 fully saturated rings. The van der Waals surface area contributed by atoms with Crippen molar-refractivity contribution in [1.82, 2.24) is 4.72 Å². The molecule has 0 saturated carbocycles. The van der Waals surface area contributed by atoms with E-state index in [1.54, 1.807) is 0 Å². The summed E-state index contributed by atoms with van der Waals surface area (Å²) in [5, 5.41) is 0.181. The van der Waals surface area contributed by atoms with Crippen LogP contribution in [0.5, 0.6) is 0 Å². The van der Waals surface area contributed by atoms with Crippen molar-refractivity contribution in [3.8, 4) is 0 Å². The Morgan fingerprint density at radius 3 is 2.25 bits per heavy atom. The number of hydrogen-bond acceptors (Lipinski definition) is 3. The van der Waals surface area contributed by atoms with E-state index in [4.69, 9.17) is 27.9 Å². The second-order valence-electron chi connectivity index (χ2n) is 4.98. The molecule has 2 rings (SSSR count). The fourth-order valence-electron chi connectivity index (χ4n) is 2.09. The van der Waals surface area contributed by atoms with E-state index in [1.165, 1.54) is 12.1 Å². The normalized spacial score (nSPS) is 19.0. The van der Waals surface area contributed by atoms with Crippen molar-refractivity contribution in [1.29, 1.82) is 0 Å². The Hall–Kier alpha value is 0.150. The minimum Gasteiger partial charge on any atom is -0.381 e. The molecule has 8 heteroatoms. The molecule has 1 heterocycles. The standard InChI is InChI=1S/C12H14BrCl2NO3S/c1-12(2-4-19-5-3-12)16-20(17,18)11-9(14)6-8(13)7-10(11)15/h6-7,16H,2-5H2,1H3. The highest BCUT2D eigenvalue weighted by Crippen LogP contribution is 2.34. The van der Waals surface area contributed by atoms with Gasteiger partial charge in [0.25, 0.3) is 0 Å². The van der Waals surface area contributed by atoms with Crippen LogP contribution in [-0.4, -0.2) is 27.2 Å². The van der Waals surface area contributed by atoms with Gasteiger partial charge in [-0.3, -0.25) is 0 Å². The Balaban J connectivity index is 2.36. The molecule has 1 aliphatic rings. The van der Waals surface area contributed by atoms with Crippen LogP contribution in [0.15, 0.2) is 21.5 Å². The summed E-state index contributed by atoms with van der Waals surface area (Å²) in [5.41, 5.74) is -0.545. The summed E-state index contributed by atoms with van der Waals surface area (Å²) in [4.78, 5) is -0.0863. The average molecular weight is 403 g/mol. The van der Waals surface area contributed by atoms with Gasteiger partial charge in [-0.15, -0.1) is 0 Å². The molecule has 0 atom stereocenters. The number of sulfonamides is 1. The van der Waals surface area contributed by atoms with Crippen LogP contribution >= 0.6 is 39.1 Å². The van der Waals surface area contributed by atoms with Gasteiger partial charge in [0.2, 0.25) is 10.0 Å². The monoisotopic (exact) mass is 401 g/mol. The zero-order valence-corrected chi connectivity index (χ0v) is 14.7. The van der Waals surface area contributed by atoms with E-state index in [2.05, 4.69) is 20.7 Å². The second kappa shape index (κ2) is 6.10. The predicted octanol–water partition coefficient (Wildman–Crippen LogP) is 3.60. The minimum atomic E-state index is -3.79. The molecule has 1 N–H and O–H groups in total. The molecule has 0 radical (unpaired) electrons. The van der Waals surface area contributed by atoms with Crippen LogP contribution in [0.25, 0.3) is 0 Å². The lowest BCUT2D eigenvalue weighted by molar-refractivity contribution is 0.0537. The minimum absolute atomic E-state index is 0.0863. The van der Waals surface area contributed by atoms with Crippen molar-refractivity contribution >= 4 is 49.2 Å². The zero-order valence-electron chi connectivity index (χ0n) is 10.8. The summed E-state index contributed by atoms with van der Waals surface area (Å²) in [7, 11) is -3.79. The number of nitrogens with one attached hydrogen (secondary N) is 1. The SMILES string of the molecule is CC1(NS(=O)(=O)c2c(Cl)cc(Br)cc2Cl)CCOCC1. The first kappa shape index (κ1) is 16.5. The van der Waals surface area contributed by atoms with Gasteiger partial charge in [-0.25, -0.2) is 13.1 Å². The van der Waals surface area contributed by atoms with Crippen molar-refractivity contribution in [2.75, 3.05) is 13.2 Å². The van der Waals surface area contributed by atoms with Gasteiger partial charge in [-0.2, -0.15) is 0 Å². The maximum Gasteiger partial charge on any atom is 0.244 e. The lowest BCUT2D eigenvalue weighted by Gasteiger charge is -2.34. The quantitative estimate of drug-likeness (QED) is 0.840. The fourth-order valence-corrected chi connectivity index (χ4v) is 5.49. The van der Waals surface area contributed by atoms with Crippen molar-refractivity contribution < 1.29 is 13.2 Å². The fraction of sp³-hybridized carbons (Fsp3) is 0.500. The van der Waals surface area contributed by atoms with Crippen LogP contribution in [0.3, 0.4) is 0 Å². The Bertz CT molecular complexity index is 592. The summed E-state index contributed by atoms with van der Waals surface area (Å²) in [5.74, 6) is 0. The van der Waals surface area contributed by atoms with Crippen molar-refractivity contribution in [2.45, 2.75) is 30.2 Å². The van der Waals surface area contributed by atoms with Crippen molar-refractivity contribution in [3.63, 3.8) is 0 Å². The first-order chi connectivity index (χ1) is 9.23. The highest BCUT2D eigenvalue weighted by atomic mass is 79.9. The topological polar surface area (TPSA) is 55.4 Å². The molecule has 1 aliphatic heterocycles. The Labute approximate surface area is 137 Å². The van der Waals surface area contributed by atoms with E-state index in [0.29, 0.717) is 30.5 Å². The molecule has 1 aromatic rings. The van der Waals surface area contributed by atoms with Crippen LogP contribution in [0.2, 0.25) is 10.0 Å². The molecule has 112 valence electrons. The van der Waals surface area contributed by atoms with Gasteiger partial charge in [-0.05, 0) is 31.9 Å². The van der Waals surface area contributed by atoms with Gasteiger partial charge < -0.3 is 4.74 Å². The molecule has 4 nitrogen and oxygen atoms in total. The third-order valence-corrected chi connectivity index (χ3v) is 6.23. The highest BCUT2D eigenvalue weighted by Gasteiger charge is 2.34. The van der Waals surface area contributed by atoms with Gasteiger partial charge in [0, 0.05) is 23.2 Å². The van der Waals surface area contributed by atoms with Gasteiger partial charge in [0.15, 0.2) is 0 Å². The maximum absolute atomic E-state index is 12.5. The largest absolute Gasteiger partial charge is 0.381 e. The molecule has 20 heavy (non-hydrogen) atoms. The number of rotatable bonds is 3. The molecule has 0 spiro atoms. The van der Waals surface area contributed by atoms with Crippen LogP contribution in [0.4, 0.5) is 0 Å². The van der Waals surface area contributed by atoms with E-state index >= 15 is 0 Å². The zero-order chi connectivity index (χ0) is 15.0. The maximum atomic E-state index is 12.5. The Kier molecular flexibility index (Phi) is 5.04. The molecule has 0 amide bonds. The number of hydrogen-bond donors (Lipinski definition) is 1. The number of benzene rings is 1. The lowest BCUT2D eigenvalue weighted by Crippen LogP contribution is -2.49. The van der Waals surface area contributed by atoms with Gasteiger partial charge >= 0.3 is 0 Å². The molecule has 1 aromatic carbocycles. The summed E-state index contributed by atoms with van der Waals surface area (Å²) in [6, 6.07) is 3.02. The summed E-state index contributed by atoms with van der Waals surface area (Å²) in [6.45, 7) is 2.91. The average Bonchev–Trinajstić information content (AvgIpc) is 2.25. The van der Waals surface area contributed by atoms with Crippen LogP contribution in [-0.2, 0) is 14.8 Å². The number of halogens is 3. The second-order valence-corrected chi connectivity index (χ2v) is 8.33. The van der Waals surface area contributed by atoms with E-state index in [0.717, 1.165) is 0 Å². The molecule has 0 unspecified atom stereocenters. The molecular weight excluding hydrogens is 389 g/mol. The molecule has 1 saturated heterocycles. The van der Waals surface area contributed by atoms with E-state index in [-0.39, 0.29) is 14.9 Å². The predicted molar refractivity (Wildman–Crippen MR) is 82.9 cm³/mol. The third kappa shape index (κ3) is 3.67. The molecular formula is C12H14BrCl2NO3S. The van der Waals surface area contributed by atoms with Crippen LogP contribution in [0.1, 0.15) is 19.8 Å². The van der Waals surface area contributed by atoms with E-state index in [9.17, 15) is 8.42 Å². The lowest BCUT2D eigenvalue weighted by atomic mass is 9.94. The molecule has 0 aliphatic carbocycles. The van der Waals surface area contributed by atoms with Crippen LogP contribution < -0.4 is 4.72 Å². The van der Waals surface area contributed by atoms with Gasteiger partial charge in [-0.1, -0.05) is 39.1 Å². The van der Waals surface area contributed by atoms with E-state index < -0.39 is 15.6 Å².